The van der Waals surface area contributed by atoms with E-state index < -0.39 is 5.97 Å². The van der Waals surface area contributed by atoms with Crippen molar-refractivity contribution in [3.8, 4) is 0 Å². The summed E-state index contributed by atoms with van der Waals surface area (Å²) in [5.74, 6) is -0.0911. The summed E-state index contributed by atoms with van der Waals surface area (Å²) in [4.78, 5) is 25.9. The number of thiophene rings is 1. The second kappa shape index (κ2) is 13.0. The van der Waals surface area contributed by atoms with E-state index >= 15 is 0 Å². The highest BCUT2D eigenvalue weighted by Gasteiger charge is 2.38. The van der Waals surface area contributed by atoms with E-state index in [-0.39, 0.29) is 23.9 Å². The van der Waals surface area contributed by atoms with Gasteiger partial charge >= 0.3 is 5.97 Å². The zero-order chi connectivity index (χ0) is 25.4. The average Bonchev–Trinajstić information content (AvgIpc) is 3.29. The van der Waals surface area contributed by atoms with Crippen molar-refractivity contribution in [3.05, 3.63) is 22.4 Å². The monoisotopic (exact) mass is 493 g/mol. The van der Waals surface area contributed by atoms with Crippen LogP contribution in [0.2, 0.25) is 0 Å². The minimum absolute atomic E-state index is 0.000425. The van der Waals surface area contributed by atoms with Gasteiger partial charge in [0.1, 0.15) is 0 Å². The third kappa shape index (κ3) is 8.65. The Morgan fingerprint density at radius 2 is 1.74 bits per heavy atom. The van der Waals surface area contributed by atoms with Gasteiger partial charge in [-0.2, -0.15) is 0 Å². The second-order valence-corrected chi connectivity index (χ2v) is 12.4. The third-order valence-electron chi connectivity index (χ3n) is 7.80. The summed E-state index contributed by atoms with van der Waals surface area (Å²) < 4.78 is 0. The SMILES string of the molecule is CC(C)(C)C1CCC(NC(=O)CCCC(=O)O)CC1.CN(C)C1(c2cccs2)CCC(N)CC1. The Hall–Kier alpha value is -1.44. The predicted molar refractivity (Wildman–Crippen MR) is 141 cm³/mol. The lowest BCUT2D eigenvalue weighted by molar-refractivity contribution is -0.137. The topological polar surface area (TPSA) is 95.7 Å². The summed E-state index contributed by atoms with van der Waals surface area (Å²) >= 11 is 1.88. The first-order valence-corrected chi connectivity index (χ1v) is 13.8. The highest BCUT2D eigenvalue weighted by Crippen LogP contribution is 2.42. The number of aliphatic carboxylic acids is 1. The Kier molecular flexibility index (Phi) is 11.0. The van der Waals surface area contributed by atoms with Crippen LogP contribution < -0.4 is 11.1 Å². The van der Waals surface area contributed by atoms with Gasteiger partial charge in [0.2, 0.25) is 5.91 Å². The van der Waals surface area contributed by atoms with Crippen molar-refractivity contribution >= 4 is 23.2 Å². The van der Waals surface area contributed by atoms with Gasteiger partial charge in [-0.15, -0.1) is 11.3 Å². The molecule has 0 unspecified atom stereocenters. The third-order valence-corrected chi connectivity index (χ3v) is 8.87. The Morgan fingerprint density at radius 1 is 1.12 bits per heavy atom. The molecule has 0 atom stereocenters. The lowest BCUT2D eigenvalue weighted by atomic mass is 9.71. The van der Waals surface area contributed by atoms with Crippen LogP contribution >= 0.6 is 11.3 Å². The van der Waals surface area contributed by atoms with Crippen LogP contribution in [0.3, 0.4) is 0 Å². The van der Waals surface area contributed by atoms with Gasteiger partial charge in [-0.3, -0.25) is 14.5 Å². The number of carboxylic acids is 1. The minimum Gasteiger partial charge on any atom is -0.481 e. The Balaban J connectivity index is 0.000000246. The van der Waals surface area contributed by atoms with E-state index in [2.05, 4.69) is 62.6 Å². The first-order valence-electron chi connectivity index (χ1n) is 12.9. The largest absolute Gasteiger partial charge is 0.481 e. The number of amides is 1. The molecule has 7 heteroatoms. The lowest BCUT2D eigenvalue weighted by Gasteiger charge is -2.44. The van der Waals surface area contributed by atoms with Gasteiger partial charge in [0.25, 0.3) is 0 Å². The maximum atomic E-state index is 11.7. The molecule has 6 nitrogen and oxygen atoms in total. The van der Waals surface area contributed by atoms with Crippen LogP contribution in [0, 0.1) is 11.3 Å². The minimum atomic E-state index is -0.835. The van der Waals surface area contributed by atoms with Crippen LogP contribution in [0.5, 0.6) is 0 Å². The fraction of sp³-hybridized carbons (Fsp3) is 0.778. The molecule has 194 valence electrons. The molecule has 34 heavy (non-hydrogen) atoms. The first-order chi connectivity index (χ1) is 15.9. The van der Waals surface area contributed by atoms with Crippen molar-refractivity contribution < 1.29 is 14.7 Å². The maximum Gasteiger partial charge on any atom is 0.303 e. The number of nitrogens with zero attached hydrogens (tertiary/aromatic N) is 1. The van der Waals surface area contributed by atoms with Crippen LogP contribution in [-0.2, 0) is 15.1 Å². The summed E-state index contributed by atoms with van der Waals surface area (Å²) in [7, 11) is 4.38. The van der Waals surface area contributed by atoms with Gasteiger partial charge in [0.15, 0.2) is 0 Å². The summed E-state index contributed by atoms with van der Waals surface area (Å²) in [6.45, 7) is 6.84. The van der Waals surface area contributed by atoms with E-state index in [1.54, 1.807) is 0 Å². The molecular weight excluding hydrogens is 446 g/mol. The van der Waals surface area contributed by atoms with E-state index in [0.29, 0.717) is 24.3 Å². The number of nitrogens with one attached hydrogen (secondary N) is 1. The van der Waals surface area contributed by atoms with Crippen LogP contribution in [0.15, 0.2) is 17.5 Å². The molecule has 0 aromatic carbocycles. The summed E-state index contributed by atoms with van der Waals surface area (Å²) in [5, 5.41) is 13.7. The number of nitrogens with two attached hydrogens (primary N) is 1. The fourth-order valence-corrected chi connectivity index (χ4v) is 6.45. The Labute approximate surface area is 210 Å². The number of rotatable bonds is 7. The first kappa shape index (κ1) is 28.8. The van der Waals surface area contributed by atoms with Crippen LogP contribution in [-0.4, -0.2) is 48.1 Å². The van der Waals surface area contributed by atoms with Crippen molar-refractivity contribution in [1.82, 2.24) is 10.2 Å². The van der Waals surface area contributed by atoms with Crippen LogP contribution in [0.1, 0.15) is 96.3 Å². The van der Waals surface area contributed by atoms with Crippen molar-refractivity contribution in [1.29, 1.82) is 0 Å². The van der Waals surface area contributed by atoms with Gasteiger partial charge < -0.3 is 16.2 Å². The molecule has 1 amide bonds. The Bertz CT molecular complexity index is 742. The van der Waals surface area contributed by atoms with Gasteiger partial charge in [-0.25, -0.2) is 0 Å². The van der Waals surface area contributed by atoms with Crippen LogP contribution in [0.4, 0.5) is 0 Å². The normalized spacial score (nSPS) is 27.6. The number of hydrogen-bond donors (Lipinski definition) is 3. The number of carboxylic acid groups (broad SMARTS) is 1. The predicted octanol–water partition coefficient (Wildman–Crippen LogP) is 5.37. The van der Waals surface area contributed by atoms with Gasteiger partial charge in [-0.1, -0.05) is 26.8 Å². The molecule has 0 aliphatic heterocycles. The quantitative estimate of drug-likeness (QED) is 0.475. The highest BCUT2D eigenvalue weighted by molar-refractivity contribution is 7.10. The number of carbonyl (C=O) groups excluding carboxylic acids is 1. The Morgan fingerprint density at radius 3 is 2.21 bits per heavy atom. The molecule has 2 fully saturated rings. The molecule has 4 N–H and O–H groups in total. The maximum absolute atomic E-state index is 11.7. The summed E-state index contributed by atoms with van der Waals surface area (Å²) in [6, 6.07) is 5.12. The van der Waals surface area contributed by atoms with Gasteiger partial charge in [-0.05, 0) is 94.7 Å². The standard InChI is InChI=1S/C15H27NO3.C12H20N2S/c1-15(2,3)11-7-9-12(10-8-11)16-13(17)5-4-6-14(18)19;1-14(2)12(11-4-3-9-15-11)7-5-10(13)6-8-12/h11-12H,4-10H2,1-3H3,(H,16,17)(H,18,19);3-4,9-10H,5-8,13H2,1-2H3. The lowest BCUT2D eigenvalue weighted by Crippen LogP contribution is -2.46. The molecule has 0 radical (unpaired) electrons. The molecule has 2 saturated carbocycles. The highest BCUT2D eigenvalue weighted by atomic mass is 32.1. The number of hydrogen-bond acceptors (Lipinski definition) is 5. The number of carbonyl (C=O) groups is 2. The van der Waals surface area contributed by atoms with Crippen molar-refractivity contribution in [2.24, 2.45) is 17.1 Å². The molecule has 0 saturated heterocycles. The van der Waals surface area contributed by atoms with Crippen molar-refractivity contribution in [2.75, 3.05) is 14.1 Å². The molecule has 2 aliphatic carbocycles. The van der Waals surface area contributed by atoms with Gasteiger partial charge in [0, 0.05) is 29.8 Å². The van der Waals surface area contributed by atoms with Crippen LogP contribution in [0.25, 0.3) is 0 Å². The molecule has 0 spiro atoms. The van der Waals surface area contributed by atoms with Gasteiger partial charge in [0.05, 0.1) is 5.54 Å². The molecule has 1 aromatic rings. The van der Waals surface area contributed by atoms with E-state index in [0.717, 1.165) is 31.6 Å². The zero-order valence-electron chi connectivity index (χ0n) is 21.9. The smallest absolute Gasteiger partial charge is 0.303 e. The van der Waals surface area contributed by atoms with E-state index in [1.807, 2.05) is 11.3 Å². The summed E-state index contributed by atoms with van der Waals surface area (Å²) in [6.07, 6.45) is 9.95. The van der Waals surface area contributed by atoms with Crippen molar-refractivity contribution in [2.45, 2.75) is 109 Å². The van der Waals surface area contributed by atoms with E-state index in [1.165, 1.54) is 30.6 Å². The molecular formula is C27H47N3O3S. The fourth-order valence-electron chi connectivity index (χ4n) is 5.38. The second-order valence-electron chi connectivity index (χ2n) is 11.5. The molecule has 3 rings (SSSR count). The average molecular weight is 494 g/mol. The molecule has 0 bridgehead atoms. The molecule has 2 aliphatic rings. The van der Waals surface area contributed by atoms with E-state index in [4.69, 9.17) is 10.8 Å². The molecule has 1 aromatic heterocycles. The zero-order valence-corrected chi connectivity index (χ0v) is 22.8. The van der Waals surface area contributed by atoms with E-state index in [9.17, 15) is 9.59 Å². The molecule has 1 heterocycles. The van der Waals surface area contributed by atoms with Crippen molar-refractivity contribution in [3.63, 3.8) is 0 Å². The summed E-state index contributed by atoms with van der Waals surface area (Å²) in [5.41, 5.74) is 6.61.